The van der Waals surface area contributed by atoms with Crippen LogP contribution in [-0.2, 0) is 0 Å². The van der Waals surface area contributed by atoms with Crippen molar-refractivity contribution in [3.63, 3.8) is 0 Å². The highest BCUT2D eigenvalue weighted by atomic mass is 35.5. The Balaban J connectivity index is 3.39. The Kier molecular flexibility index (Phi) is 5.99. The summed E-state index contributed by atoms with van der Waals surface area (Å²) in [4.78, 5) is 0. The van der Waals surface area contributed by atoms with Gasteiger partial charge in [0.05, 0.1) is 0 Å². The van der Waals surface area contributed by atoms with E-state index in [9.17, 15) is 8.78 Å². The quantitative estimate of drug-likeness (QED) is 0.556. The molecule has 0 aliphatic heterocycles. The second-order valence-corrected chi connectivity index (χ2v) is 2.74. The van der Waals surface area contributed by atoms with Crippen molar-refractivity contribution in [1.82, 2.24) is 0 Å². The van der Waals surface area contributed by atoms with Crippen LogP contribution in [0.25, 0.3) is 0 Å². The molecule has 0 saturated carbocycles. The molecule has 0 rings (SSSR count). The van der Waals surface area contributed by atoms with E-state index in [-0.39, 0.29) is 12.3 Å². The number of rotatable bonds is 5. The van der Waals surface area contributed by atoms with Crippen LogP contribution in [0, 0.1) is 5.92 Å². The predicted octanol–water partition coefficient (Wildman–Crippen LogP) is 3.30. The summed E-state index contributed by atoms with van der Waals surface area (Å²) in [5.41, 5.74) is 0. The SMILES string of the molecule is CCCC(CCl)CC(F)F. The third kappa shape index (κ3) is 4.98. The molecule has 0 amide bonds. The largest absolute Gasteiger partial charge is 0.238 e. The number of halogens is 3. The first-order chi connectivity index (χ1) is 4.70. The van der Waals surface area contributed by atoms with E-state index in [0.29, 0.717) is 5.88 Å². The zero-order valence-electron chi connectivity index (χ0n) is 6.12. The van der Waals surface area contributed by atoms with E-state index < -0.39 is 6.43 Å². The molecule has 0 spiro atoms. The van der Waals surface area contributed by atoms with Crippen LogP contribution >= 0.6 is 11.6 Å². The maximum absolute atomic E-state index is 11.7. The third-order valence-corrected chi connectivity index (χ3v) is 1.86. The molecule has 0 bridgehead atoms. The Morgan fingerprint density at radius 3 is 2.30 bits per heavy atom. The van der Waals surface area contributed by atoms with Crippen LogP contribution in [-0.4, -0.2) is 12.3 Å². The first-order valence-corrected chi connectivity index (χ1v) is 4.08. The van der Waals surface area contributed by atoms with Gasteiger partial charge in [-0.2, -0.15) is 0 Å². The van der Waals surface area contributed by atoms with Gasteiger partial charge in [-0.3, -0.25) is 0 Å². The lowest BCUT2D eigenvalue weighted by molar-refractivity contribution is 0.116. The van der Waals surface area contributed by atoms with Crippen LogP contribution in [0.4, 0.5) is 8.78 Å². The van der Waals surface area contributed by atoms with Crippen molar-refractivity contribution in [2.24, 2.45) is 5.92 Å². The molecule has 10 heavy (non-hydrogen) atoms. The highest BCUT2D eigenvalue weighted by Crippen LogP contribution is 2.17. The minimum atomic E-state index is -2.20. The molecule has 0 nitrogen and oxygen atoms in total. The number of hydrogen-bond donors (Lipinski definition) is 0. The molecule has 1 atom stereocenters. The molecule has 0 aromatic carbocycles. The zero-order valence-corrected chi connectivity index (χ0v) is 6.87. The molecule has 0 aromatic heterocycles. The number of alkyl halides is 3. The molecule has 0 fully saturated rings. The van der Waals surface area contributed by atoms with Crippen molar-refractivity contribution in [2.45, 2.75) is 32.6 Å². The van der Waals surface area contributed by atoms with Gasteiger partial charge >= 0.3 is 0 Å². The Labute approximate surface area is 65.6 Å². The minimum Gasteiger partial charge on any atom is -0.211 e. The predicted molar refractivity (Wildman–Crippen MR) is 39.7 cm³/mol. The van der Waals surface area contributed by atoms with Crippen molar-refractivity contribution in [3.8, 4) is 0 Å². The standard InChI is InChI=1S/C7H13ClF2/c1-2-3-6(5-8)4-7(9)10/h6-7H,2-5H2,1H3. The maximum Gasteiger partial charge on any atom is 0.238 e. The van der Waals surface area contributed by atoms with E-state index in [2.05, 4.69) is 0 Å². The normalized spacial score (nSPS) is 14.1. The minimum absolute atomic E-state index is 0.00617. The van der Waals surface area contributed by atoms with Crippen molar-refractivity contribution in [1.29, 1.82) is 0 Å². The fourth-order valence-electron chi connectivity index (χ4n) is 0.918. The van der Waals surface area contributed by atoms with E-state index in [0.717, 1.165) is 12.8 Å². The van der Waals surface area contributed by atoms with Crippen LogP contribution < -0.4 is 0 Å². The summed E-state index contributed by atoms with van der Waals surface area (Å²) in [6.07, 6.45) is -0.495. The highest BCUT2D eigenvalue weighted by Gasteiger charge is 2.12. The van der Waals surface area contributed by atoms with E-state index in [1.54, 1.807) is 0 Å². The van der Waals surface area contributed by atoms with Crippen molar-refractivity contribution >= 4 is 11.6 Å². The molecule has 3 heteroatoms. The van der Waals surface area contributed by atoms with Crippen LogP contribution in [0.1, 0.15) is 26.2 Å². The van der Waals surface area contributed by atoms with Gasteiger partial charge in [-0.05, 0) is 12.3 Å². The molecule has 0 heterocycles. The summed E-state index contributed by atoms with van der Waals surface area (Å²) >= 11 is 5.46. The summed E-state index contributed by atoms with van der Waals surface area (Å²) in [5.74, 6) is 0.365. The van der Waals surface area contributed by atoms with Gasteiger partial charge in [-0.15, -0.1) is 11.6 Å². The molecule has 1 unspecified atom stereocenters. The first kappa shape index (κ1) is 10.2. The molecular weight excluding hydrogens is 158 g/mol. The van der Waals surface area contributed by atoms with Gasteiger partial charge in [0.2, 0.25) is 6.43 Å². The fraction of sp³-hybridized carbons (Fsp3) is 1.00. The Morgan fingerprint density at radius 2 is 2.00 bits per heavy atom. The third-order valence-electron chi connectivity index (χ3n) is 1.43. The summed E-state index contributed by atoms with van der Waals surface area (Å²) < 4.78 is 23.5. The van der Waals surface area contributed by atoms with E-state index in [4.69, 9.17) is 11.6 Å². The Hall–Kier alpha value is 0.150. The van der Waals surface area contributed by atoms with Crippen LogP contribution in [0.5, 0.6) is 0 Å². The van der Waals surface area contributed by atoms with E-state index >= 15 is 0 Å². The summed E-state index contributed by atoms with van der Waals surface area (Å²) in [5, 5.41) is 0. The lowest BCUT2D eigenvalue weighted by Crippen LogP contribution is -2.07. The second-order valence-electron chi connectivity index (χ2n) is 2.44. The highest BCUT2D eigenvalue weighted by molar-refractivity contribution is 6.18. The van der Waals surface area contributed by atoms with E-state index in [1.165, 1.54) is 0 Å². The smallest absolute Gasteiger partial charge is 0.211 e. The van der Waals surface area contributed by atoms with Gasteiger partial charge in [0.1, 0.15) is 0 Å². The Morgan fingerprint density at radius 1 is 1.40 bits per heavy atom. The average molecular weight is 171 g/mol. The molecule has 0 aromatic rings. The van der Waals surface area contributed by atoms with Crippen LogP contribution in [0.15, 0.2) is 0 Å². The lowest BCUT2D eigenvalue weighted by atomic mass is 10.0. The zero-order chi connectivity index (χ0) is 7.98. The van der Waals surface area contributed by atoms with Gasteiger partial charge in [-0.1, -0.05) is 13.3 Å². The molecule has 0 N–H and O–H groups in total. The van der Waals surface area contributed by atoms with Crippen LogP contribution in [0.2, 0.25) is 0 Å². The lowest BCUT2D eigenvalue weighted by Gasteiger charge is -2.10. The van der Waals surface area contributed by atoms with Gasteiger partial charge in [0, 0.05) is 12.3 Å². The topological polar surface area (TPSA) is 0 Å². The summed E-state index contributed by atoms with van der Waals surface area (Å²) in [6, 6.07) is 0. The summed E-state index contributed by atoms with van der Waals surface area (Å²) in [6.45, 7) is 1.98. The van der Waals surface area contributed by atoms with Gasteiger partial charge in [0.25, 0.3) is 0 Å². The molecular formula is C7H13ClF2. The molecule has 0 radical (unpaired) electrons. The summed E-state index contributed by atoms with van der Waals surface area (Å²) in [7, 11) is 0. The van der Waals surface area contributed by atoms with Crippen molar-refractivity contribution < 1.29 is 8.78 Å². The maximum atomic E-state index is 11.7. The van der Waals surface area contributed by atoms with Crippen LogP contribution in [0.3, 0.4) is 0 Å². The monoisotopic (exact) mass is 170 g/mol. The second kappa shape index (κ2) is 5.90. The fourth-order valence-corrected chi connectivity index (χ4v) is 1.20. The van der Waals surface area contributed by atoms with Crippen molar-refractivity contribution in [2.75, 3.05) is 5.88 Å². The Bertz CT molecular complexity index is 76.0. The van der Waals surface area contributed by atoms with Gasteiger partial charge < -0.3 is 0 Å². The number of hydrogen-bond acceptors (Lipinski definition) is 0. The van der Waals surface area contributed by atoms with Crippen molar-refractivity contribution in [3.05, 3.63) is 0 Å². The van der Waals surface area contributed by atoms with Gasteiger partial charge in [-0.25, -0.2) is 8.78 Å². The first-order valence-electron chi connectivity index (χ1n) is 3.54. The molecule has 62 valence electrons. The average Bonchev–Trinajstić information content (AvgIpc) is 1.86. The molecule has 0 aliphatic rings. The van der Waals surface area contributed by atoms with Gasteiger partial charge in [0.15, 0.2) is 0 Å². The molecule has 0 saturated heterocycles. The molecule has 0 aliphatic carbocycles. The van der Waals surface area contributed by atoms with E-state index in [1.807, 2.05) is 6.92 Å².